The molecule has 2 rings (SSSR count). The SMILES string of the molecule is CC(Cc1ccc(Cl)cc1Cl)C(=O)N1CCNC[C@H]1C. The van der Waals surface area contributed by atoms with Gasteiger partial charge in [-0.25, -0.2) is 0 Å². The Morgan fingerprint density at radius 1 is 1.50 bits per heavy atom. The number of carbonyl (C=O) groups excluding carboxylic acids is 1. The minimum Gasteiger partial charge on any atom is -0.337 e. The van der Waals surface area contributed by atoms with Crippen molar-refractivity contribution in [3.63, 3.8) is 0 Å². The van der Waals surface area contributed by atoms with Gasteiger partial charge in [0.2, 0.25) is 5.91 Å². The molecule has 1 heterocycles. The molecule has 0 spiro atoms. The van der Waals surface area contributed by atoms with E-state index in [1.807, 2.05) is 24.0 Å². The van der Waals surface area contributed by atoms with Crippen LogP contribution in [0.1, 0.15) is 19.4 Å². The molecule has 0 bridgehead atoms. The van der Waals surface area contributed by atoms with Gasteiger partial charge >= 0.3 is 0 Å². The van der Waals surface area contributed by atoms with Gasteiger partial charge in [0, 0.05) is 41.6 Å². The van der Waals surface area contributed by atoms with Crippen molar-refractivity contribution in [2.24, 2.45) is 5.92 Å². The van der Waals surface area contributed by atoms with E-state index in [4.69, 9.17) is 23.2 Å². The molecule has 5 heteroatoms. The van der Waals surface area contributed by atoms with Gasteiger partial charge in [0.1, 0.15) is 0 Å². The van der Waals surface area contributed by atoms with Crippen LogP contribution in [-0.4, -0.2) is 36.5 Å². The normalized spacial score (nSPS) is 20.8. The molecule has 1 saturated heterocycles. The highest BCUT2D eigenvalue weighted by Crippen LogP contribution is 2.24. The van der Waals surface area contributed by atoms with Gasteiger partial charge in [-0.3, -0.25) is 4.79 Å². The average Bonchev–Trinajstić information content (AvgIpc) is 2.41. The first-order valence-corrected chi connectivity index (χ1v) is 7.69. The van der Waals surface area contributed by atoms with E-state index in [0.29, 0.717) is 16.5 Å². The predicted octanol–water partition coefficient (Wildman–Crippen LogP) is 2.99. The summed E-state index contributed by atoms with van der Waals surface area (Å²) in [5.74, 6) is 0.124. The van der Waals surface area contributed by atoms with Gasteiger partial charge in [0.15, 0.2) is 0 Å². The Morgan fingerprint density at radius 2 is 2.25 bits per heavy atom. The number of benzene rings is 1. The van der Waals surface area contributed by atoms with Crippen molar-refractivity contribution in [2.45, 2.75) is 26.3 Å². The molecule has 2 atom stereocenters. The summed E-state index contributed by atoms with van der Waals surface area (Å²) in [7, 11) is 0. The van der Waals surface area contributed by atoms with E-state index in [1.165, 1.54) is 0 Å². The summed E-state index contributed by atoms with van der Waals surface area (Å²) < 4.78 is 0. The molecule has 0 aromatic heterocycles. The third-order valence-corrected chi connectivity index (χ3v) is 4.33. The molecule has 1 unspecified atom stereocenters. The predicted molar refractivity (Wildman–Crippen MR) is 83.4 cm³/mol. The Bertz CT molecular complexity index is 493. The van der Waals surface area contributed by atoms with Gasteiger partial charge in [-0.2, -0.15) is 0 Å². The smallest absolute Gasteiger partial charge is 0.226 e. The van der Waals surface area contributed by atoms with Crippen LogP contribution < -0.4 is 5.32 Å². The minimum absolute atomic E-state index is 0.0748. The van der Waals surface area contributed by atoms with Crippen molar-refractivity contribution >= 4 is 29.1 Å². The van der Waals surface area contributed by atoms with Crippen LogP contribution in [0, 0.1) is 5.92 Å². The first kappa shape index (κ1) is 15.6. The van der Waals surface area contributed by atoms with Crippen LogP contribution >= 0.6 is 23.2 Å². The largest absolute Gasteiger partial charge is 0.337 e. The molecular formula is C15H20Cl2N2O. The lowest BCUT2D eigenvalue weighted by molar-refractivity contribution is -0.137. The van der Waals surface area contributed by atoms with Crippen molar-refractivity contribution < 1.29 is 4.79 Å². The summed E-state index contributed by atoms with van der Waals surface area (Å²) in [5.41, 5.74) is 0.972. The maximum atomic E-state index is 12.5. The third-order valence-electron chi connectivity index (χ3n) is 3.75. The molecule has 1 N–H and O–H groups in total. The topological polar surface area (TPSA) is 32.3 Å². The molecule has 3 nitrogen and oxygen atoms in total. The second-order valence-corrected chi connectivity index (χ2v) is 6.27. The van der Waals surface area contributed by atoms with Gasteiger partial charge in [-0.15, -0.1) is 0 Å². The number of carbonyl (C=O) groups is 1. The molecule has 110 valence electrons. The van der Waals surface area contributed by atoms with Crippen molar-refractivity contribution in [1.29, 1.82) is 0 Å². The van der Waals surface area contributed by atoms with E-state index in [2.05, 4.69) is 12.2 Å². The number of hydrogen-bond donors (Lipinski definition) is 1. The molecule has 0 saturated carbocycles. The second-order valence-electron chi connectivity index (χ2n) is 5.43. The average molecular weight is 315 g/mol. The Labute approximate surface area is 130 Å². The number of amides is 1. The Hall–Kier alpha value is -0.770. The van der Waals surface area contributed by atoms with Crippen molar-refractivity contribution in [3.8, 4) is 0 Å². The lowest BCUT2D eigenvalue weighted by atomic mass is 9.98. The van der Waals surface area contributed by atoms with Gasteiger partial charge in [0.25, 0.3) is 0 Å². The molecule has 20 heavy (non-hydrogen) atoms. The first-order valence-electron chi connectivity index (χ1n) is 6.94. The molecular weight excluding hydrogens is 295 g/mol. The summed E-state index contributed by atoms with van der Waals surface area (Å²) >= 11 is 12.1. The molecule has 1 aliphatic heterocycles. The lowest BCUT2D eigenvalue weighted by Gasteiger charge is -2.35. The van der Waals surface area contributed by atoms with Crippen LogP contribution in [-0.2, 0) is 11.2 Å². The highest BCUT2D eigenvalue weighted by atomic mass is 35.5. The fourth-order valence-corrected chi connectivity index (χ4v) is 3.04. The Balaban J connectivity index is 2.03. The fourth-order valence-electron chi connectivity index (χ4n) is 2.56. The summed E-state index contributed by atoms with van der Waals surface area (Å²) in [6.07, 6.45) is 0.644. The zero-order chi connectivity index (χ0) is 14.7. The van der Waals surface area contributed by atoms with Crippen molar-refractivity contribution in [2.75, 3.05) is 19.6 Å². The van der Waals surface area contributed by atoms with Crippen LogP contribution in [0.4, 0.5) is 0 Å². The molecule has 1 aliphatic rings. The van der Waals surface area contributed by atoms with E-state index < -0.39 is 0 Å². The summed E-state index contributed by atoms with van der Waals surface area (Å²) in [5, 5.41) is 4.54. The van der Waals surface area contributed by atoms with E-state index in [0.717, 1.165) is 25.2 Å². The van der Waals surface area contributed by atoms with E-state index in [-0.39, 0.29) is 17.9 Å². The molecule has 1 aromatic rings. The van der Waals surface area contributed by atoms with Crippen LogP contribution in [0.25, 0.3) is 0 Å². The molecule has 0 radical (unpaired) electrons. The standard InChI is InChI=1S/C15H20Cl2N2O/c1-10(7-12-3-4-13(16)8-14(12)17)15(20)19-6-5-18-9-11(19)2/h3-4,8,10-11,18H,5-7,9H2,1-2H3/t10?,11-/m1/s1. The highest BCUT2D eigenvalue weighted by molar-refractivity contribution is 6.35. The van der Waals surface area contributed by atoms with Gasteiger partial charge in [0.05, 0.1) is 0 Å². The summed E-state index contributed by atoms with van der Waals surface area (Å²) in [6.45, 7) is 6.54. The van der Waals surface area contributed by atoms with Crippen molar-refractivity contribution in [3.05, 3.63) is 33.8 Å². The fraction of sp³-hybridized carbons (Fsp3) is 0.533. The monoisotopic (exact) mass is 314 g/mol. The number of hydrogen-bond acceptors (Lipinski definition) is 2. The summed E-state index contributed by atoms with van der Waals surface area (Å²) in [6, 6.07) is 5.69. The zero-order valence-electron chi connectivity index (χ0n) is 11.8. The van der Waals surface area contributed by atoms with Crippen LogP contribution in [0.3, 0.4) is 0 Å². The molecule has 0 aliphatic carbocycles. The minimum atomic E-state index is -0.0748. The molecule has 1 amide bonds. The second kappa shape index (κ2) is 6.79. The zero-order valence-corrected chi connectivity index (χ0v) is 13.3. The van der Waals surface area contributed by atoms with Gasteiger partial charge in [-0.05, 0) is 31.0 Å². The summed E-state index contributed by atoms with van der Waals surface area (Å²) in [4.78, 5) is 14.5. The first-order chi connectivity index (χ1) is 9.49. The molecule has 1 fully saturated rings. The van der Waals surface area contributed by atoms with Crippen LogP contribution in [0.15, 0.2) is 18.2 Å². The van der Waals surface area contributed by atoms with Gasteiger partial charge < -0.3 is 10.2 Å². The number of piperazine rings is 1. The quantitative estimate of drug-likeness (QED) is 0.930. The van der Waals surface area contributed by atoms with Crippen LogP contribution in [0.2, 0.25) is 10.0 Å². The van der Waals surface area contributed by atoms with Gasteiger partial charge in [-0.1, -0.05) is 36.2 Å². The number of nitrogens with one attached hydrogen (secondary N) is 1. The third kappa shape index (κ3) is 3.66. The van der Waals surface area contributed by atoms with E-state index in [9.17, 15) is 4.79 Å². The highest BCUT2D eigenvalue weighted by Gasteiger charge is 2.27. The van der Waals surface area contributed by atoms with Crippen LogP contribution in [0.5, 0.6) is 0 Å². The number of nitrogens with zero attached hydrogens (tertiary/aromatic N) is 1. The number of rotatable bonds is 3. The molecule has 1 aromatic carbocycles. The Kier molecular flexibility index (Phi) is 5.30. The Morgan fingerprint density at radius 3 is 2.90 bits per heavy atom. The van der Waals surface area contributed by atoms with E-state index >= 15 is 0 Å². The van der Waals surface area contributed by atoms with Crippen molar-refractivity contribution in [1.82, 2.24) is 10.2 Å². The number of halogens is 2. The maximum Gasteiger partial charge on any atom is 0.226 e. The lowest BCUT2D eigenvalue weighted by Crippen LogP contribution is -2.53. The van der Waals surface area contributed by atoms with E-state index in [1.54, 1.807) is 6.07 Å². The maximum absolute atomic E-state index is 12.5.